The summed E-state index contributed by atoms with van der Waals surface area (Å²) in [7, 11) is -1.54. The number of hydrogen-bond acceptors (Lipinski definition) is 4. The van der Waals surface area contributed by atoms with Crippen LogP contribution < -0.4 is 4.72 Å². The van der Waals surface area contributed by atoms with Gasteiger partial charge < -0.3 is 10.0 Å². The molecule has 1 saturated heterocycles. The number of sulfonamides is 1. The van der Waals surface area contributed by atoms with Crippen LogP contribution in [0.3, 0.4) is 0 Å². The lowest BCUT2D eigenvalue weighted by molar-refractivity contribution is 0.248. The molecule has 1 aliphatic rings. The first kappa shape index (κ1) is 15.7. The van der Waals surface area contributed by atoms with E-state index in [0.717, 1.165) is 25.9 Å². The summed E-state index contributed by atoms with van der Waals surface area (Å²) in [5.74, 6) is 0. The number of likely N-dealkylation sites (tertiary alicyclic amines) is 1. The van der Waals surface area contributed by atoms with Gasteiger partial charge in [-0.2, -0.15) is 0 Å². The van der Waals surface area contributed by atoms with Crippen LogP contribution in [0.1, 0.15) is 18.4 Å². The van der Waals surface area contributed by atoms with Gasteiger partial charge in [-0.05, 0) is 56.7 Å². The van der Waals surface area contributed by atoms with Gasteiger partial charge in [0.1, 0.15) is 0 Å². The van der Waals surface area contributed by atoms with E-state index in [-0.39, 0.29) is 17.5 Å². The second-order valence-electron chi connectivity index (χ2n) is 5.11. The van der Waals surface area contributed by atoms with Crippen molar-refractivity contribution in [3.05, 3.63) is 28.8 Å². The van der Waals surface area contributed by atoms with E-state index in [1.807, 2.05) is 7.05 Å². The molecule has 0 saturated carbocycles. The van der Waals surface area contributed by atoms with Gasteiger partial charge >= 0.3 is 0 Å². The number of aliphatic hydroxyl groups is 1. The summed E-state index contributed by atoms with van der Waals surface area (Å²) in [6.45, 7) is 1.49. The maximum Gasteiger partial charge on any atom is 0.240 e. The maximum atomic E-state index is 12.3. The Morgan fingerprint density at radius 2 is 2.05 bits per heavy atom. The van der Waals surface area contributed by atoms with Crippen molar-refractivity contribution in [2.45, 2.75) is 30.4 Å². The predicted molar refractivity (Wildman–Crippen MR) is 78.2 cm³/mol. The Hall–Kier alpha value is -0.660. The minimum Gasteiger partial charge on any atom is -0.392 e. The summed E-state index contributed by atoms with van der Waals surface area (Å²) in [6.07, 6.45) is 1.60. The van der Waals surface area contributed by atoms with Crippen LogP contribution >= 0.6 is 11.6 Å². The van der Waals surface area contributed by atoms with Crippen molar-refractivity contribution in [3.63, 3.8) is 0 Å². The van der Waals surface area contributed by atoms with Gasteiger partial charge in [0.2, 0.25) is 10.0 Å². The highest BCUT2D eigenvalue weighted by Crippen LogP contribution is 2.21. The lowest BCUT2D eigenvalue weighted by Gasteiger charge is -2.29. The average Bonchev–Trinajstić information content (AvgIpc) is 2.41. The monoisotopic (exact) mass is 318 g/mol. The third-order valence-corrected chi connectivity index (χ3v) is 5.43. The summed E-state index contributed by atoms with van der Waals surface area (Å²) in [4.78, 5) is 2.32. The molecule has 1 aromatic carbocycles. The van der Waals surface area contributed by atoms with E-state index in [0.29, 0.717) is 10.6 Å². The first-order chi connectivity index (χ1) is 9.42. The van der Waals surface area contributed by atoms with Crippen molar-refractivity contribution in [1.82, 2.24) is 9.62 Å². The molecule has 2 rings (SSSR count). The molecule has 0 aliphatic carbocycles. The van der Waals surface area contributed by atoms with E-state index in [1.54, 1.807) is 0 Å². The van der Waals surface area contributed by atoms with E-state index in [9.17, 15) is 8.42 Å². The molecule has 0 amide bonds. The summed E-state index contributed by atoms with van der Waals surface area (Å²) in [5.41, 5.74) is 0.415. The van der Waals surface area contributed by atoms with Crippen molar-refractivity contribution >= 4 is 21.6 Å². The second kappa shape index (κ2) is 6.41. The standard InChI is InChI=1S/C13H19ClN2O3S/c1-16-6-4-11(5-7-16)15-20(18,19)12-2-3-13(14)10(8-12)9-17/h2-3,8,11,15,17H,4-7,9H2,1H3. The Morgan fingerprint density at radius 3 is 2.65 bits per heavy atom. The summed E-state index contributed by atoms with van der Waals surface area (Å²) >= 11 is 5.87. The van der Waals surface area contributed by atoms with Gasteiger partial charge in [-0.3, -0.25) is 0 Å². The lowest BCUT2D eigenvalue weighted by Crippen LogP contribution is -2.43. The van der Waals surface area contributed by atoms with E-state index in [1.165, 1.54) is 18.2 Å². The van der Waals surface area contributed by atoms with Crippen LogP contribution in [0, 0.1) is 0 Å². The van der Waals surface area contributed by atoms with Gasteiger partial charge in [0.25, 0.3) is 0 Å². The third kappa shape index (κ3) is 3.71. The van der Waals surface area contributed by atoms with Crippen LogP contribution in [0.25, 0.3) is 0 Å². The van der Waals surface area contributed by atoms with Crippen LogP contribution in [0.4, 0.5) is 0 Å². The normalized spacial score (nSPS) is 18.4. The average molecular weight is 319 g/mol. The van der Waals surface area contributed by atoms with Gasteiger partial charge in [-0.25, -0.2) is 13.1 Å². The maximum absolute atomic E-state index is 12.3. The van der Waals surface area contributed by atoms with Crippen molar-refractivity contribution in [1.29, 1.82) is 0 Å². The molecule has 0 aromatic heterocycles. The molecular weight excluding hydrogens is 300 g/mol. The molecule has 1 aliphatic heterocycles. The Labute approximate surface area is 124 Å². The van der Waals surface area contributed by atoms with Gasteiger partial charge in [0.05, 0.1) is 11.5 Å². The van der Waals surface area contributed by atoms with Crippen LogP contribution in [0.2, 0.25) is 5.02 Å². The zero-order valence-electron chi connectivity index (χ0n) is 11.3. The molecule has 1 fully saturated rings. The summed E-state index contributed by atoms with van der Waals surface area (Å²) in [6, 6.07) is 4.33. The lowest BCUT2D eigenvalue weighted by atomic mass is 10.1. The number of piperidine rings is 1. The van der Waals surface area contributed by atoms with Crippen LogP contribution in [-0.2, 0) is 16.6 Å². The number of benzene rings is 1. The van der Waals surface area contributed by atoms with Gasteiger partial charge in [-0.1, -0.05) is 11.6 Å². The number of hydrogen-bond donors (Lipinski definition) is 2. The van der Waals surface area contributed by atoms with E-state index < -0.39 is 10.0 Å². The molecule has 1 aromatic rings. The van der Waals surface area contributed by atoms with E-state index >= 15 is 0 Å². The fourth-order valence-corrected chi connectivity index (χ4v) is 3.79. The van der Waals surface area contributed by atoms with Gasteiger partial charge in [-0.15, -0.1) is 0 Å². The highest BCUT2D eigenvalue weighted by atomic mass is 35.5. The smallest absolute Gasteiger partial charge is 0.240 e. The van der Waals surface area contributed by atoms with Crippen molar-refractivity contribution < 1.29 is 13.5 Å². The van der Waals surface area contributed by atoms with Gasteiger partial charge in [0, 0.05) is 11.1 Å². The fourth-order valence-electron chi connectivity index (χ4n) is 2.25. The molecule has 0 unspecified atom stereocenters. The number of halogens is 1. The Bertz CT molecular complexity index is 569. The van der Waals surface area contributed by atoms with Crippen molar-refractivity contribution in [2.24, 2.45) is 0 Å². The van der Waals surface area contributed by atoms with Crippen LogP contribution in [0.5, 0.6) is 0 Å². The number of aliphatic hydroxyl groups excluding tert-OH is 1. The molecule has 0 spiro atoms. The molecule has 0 radical (unpaired) electrons. The first-order valence-corrected chi connectivity index (χ1v) is 8.38. The van der Waals surface area contributed by atoms with Crippen molar-refractivity contribution in [3.8, 4) is 0 Å². The number of nitrogens with one attached hydrogen (secondary N) is 1. The highest BCUT2D eigenvalue weighted by molar-refractivity contribution is 7.89. The quantitative estimate of drug-likeness (QED) is 0.875. The Morgan fingerprint density at radius 1 is 1.40 bits per heavy atom. The van der Waals surface area contributed by atoms with E-state index in [4.69, 9.17) is 16.7 Å². The molecule has 5 nitrogen and oxygen atoms in total. The topological polar surface area (TPSA) is 69.6 Å². The highest BCUT2D eigenvalue weighted by Gasteiger charge is 2.23. The minimum absolute atomic E-state index is 0.0375. The molecule has 112 valence electrons. The molecule has 2 N–H and O–H groups in total. The molecule has 0 bridgehead atoms. The Balaban J connectivity index is 2.14. The summed E-state index contributed by atoms with van der Waals surface area (Å²) < 4.78 is 27.3. The third-order valence-electron chi connectivity index (χ3n) is 3.54. The SMILES string of the molecule is CN1CCC(NS(=O)(=O)c2ccc(Cl)c(CO)c2)CC1. The Kier molecular flexibility index (Phi) is 5.04. The first-order valence-electron chi connectivity index (χ1n) is 6.52. The zero-order valence-corrected chi connectivity index (χ0v) is 12.9. The molecular formula is C13H19ClN2O3S. The minimum atomic E-state index is -3.57. The van der Waals surface area contributed by atoms with Crippen LogP contribution in [-0.4, -0.2) is 44.6 Å². The fraction of sp³-hybridized carbons (Fsp3) is 0.538. The van der Waals surface area contributed by atoms with Crippen molar-refractivity contribution in [2.75, 3.05) is 20.1 Å². The van der Waals surface area contributed by atoms with E-state index in [2.05, 4.69) is 9.62 Å². The molecule has 1 heterocycles. The van der Waals surface area contributed by atoms with Crippen LogP contribution in [0.15, 0.2) is 23.1 Å². The largest absolute Gasteiger partial charge is 0.392 e. The number of nitrogens with zero attached hydrogens (tertiary/aromatic N) is 1. The summed E-state index contributed by atoms with van der Waals surface area (Å²) in [5, 5.41) is 9.52. The molecule has 20 heavy (non-hydrogen) atoms. The second-order valence-corrected chi connectivity index (χ2v) is 7.23. The molecule has 7 heteroatoms. The van der Waals surface area contributed by atoms with Gasteiger partial charge in [0.15, 0.2) is 0 Å². The predicted octanol–water partition coefficient (Wildman–Crippen LogP) is 1.20. The zero-order chi connectivity index (χ0) is 14.8. The molecule has 0 atom stereocenters. The number of rotatable bonds is 4.